The van der Waals surface area contributed by atoms with E-state index in [1.165, 1.54) is 6.07 Å². The molecule has 1 saturated heterocycles. The maximum absolute atomic E-state index is 14.6. The standard InChI is InChI=1S/C28H28F5N5O3S/c29-27(30)9-8-21(22(16-27)26(39)35-19(17-34)15-28(31,32)33)25-24(23-3-1-2-10-38(23)36-25)18-4-6-20(7-5-18)37-11-13-42(40,41)14-12-37/h1-7,10,19,21-22H,8-9,11-16H2,(H,35,39). The zero-order valence-corrected chi connectivity index (χ0v) is 23.1. The third-order valence-electron chi connectivity index (χ3n) is 7.85. The SMILES string of the molecule is N#CC(CC(F)(F)F)NC(=O)C1CC(F)(F)CCC1c1nn2ccccc2c1-c1ccc(N2CCS(=O)(=O)CC2)cc1. The highest BCUT2D eigenvalue weighted by atomic mass is 32.2. The van der Waals surface area contributed by atoms with E-state index in [9.17, 15) is 40.4 Å². The summed E-state index contributed by atoms with van der Waals surface area (Å²) in [5, 5.41) is 15.9. The van der Waals surface area contributed by atoms with Crippen LogP contribution in [0, 0.1) is 17.2 Å². The van der Waals surface area contributed by atoms with Gasteiger partial charge in [0.2, 0.25) is 11.8 Å². The van der Waals surface area contributed by atoms with Crippen molar-refractivity contribution in [2.75, 3.05) is 29.5 Å². The van der Waals surface area contributed by atoms with Gasteiger partial charge >= 0.3 is 6.18 Å². The molecule has 3 atom stereocenters. The van der Waals surface area contributed by atoms with E-state index in [1.807, 2.05) is 34.5 Å². The zero-order chi connectivity index (χ0) is 30.3. The lowest BCUT2D eigenvalue weighted by molar-refractivity contribution is -0.143. The quantitative estimate of drug-likeness (QED) is 0.406. The number of nitrogens with one attached hydrogen (secondary N) is 1. The van der Waals surface area contributed by atoms with E-state index in [0.29, 0.717) is 35.4 Å². The highest BCUT2D eigenvalue weighted by Gasteiger charge is 2.47. The van der Waals surface area contributed by atoms with Crippen LogP contribution in [-0.2, 0) is 14.6 Å². The number of anilines is 1. The Morgan fingerprint density at radius 3 is 2.48 bits per heavy atom. The molecule has 1 aromatic carbocycles. The average molecular weight is 610 g/mol. The van der Waals surface area contributed by atoms with Gasteiger partial charge in [-0.05, 0) is 36.2 Å². The van der Waals surface area contributed by atoms with Gasteiger partial charge < -0.3 is 10.2 Å². The van der Waals surface area contributed by atoms with Crippen LogP contribution in [0.5, 0.6) is 0 Å². The Morgan fingerprint density at radius 2 is 1.83 bits per heavy atom. The molecule has 0 spiro atoms. The topological polar surface area (TPSA) is 108 Å². The van der Waals surface area contributed by atoms with Crippen molar-refractivity contribution in [1.82, 2.24) is 14.9 Å². The van der Waals surface area contributed by atoms with Crippen LogP contribution in [0.1, 0.15) is 37.3 Å². The van der Waals surface area contributed by atoms with Crippen LogP contribution in [0.2, 0.25) is 0 Å². The molecular formula is C28H28F5N5O3S. The Morgan fingerprint density at radius 1 is 1.14 bits per heavy atom. The summed E-state index contributed by atoms with van der Waals surface area (Å²) >= 11 is 0. The molecule has 2 aromatic heterocycles. The lowest BCUT2D eigenvalue weighted by Gasteiger charge is -2.35. The summed E-state index contributed by atoms with van der Waals surface area (Å²) in [6.45, 7) is 0.712. The number of hydrogen-bond acceptors (Lipinski definition) is 6. The van der Waals surface area contributed by atoms with Crippen LogP contribution in [0.3, 0.4) is 0 Å². The van der Waals surface area contributed by atoms with Crippen molar-refractivity contribution in [3.8, 4) is 17.2 Å². The molecule has 8 nitrogen and oxygen atoms in total. The molecule has 2 aliphatic rings. The molecule has 3 aromatic rings. The van der Waals surface area contributed by atoms with Gasteiger partial charge in [0, 0.05) is 49.3 Å². The first-order valence-electron chi connectivity index (χ1n) is 13.4. The molecule has 3 unspecified atom stereocenters. The number of benzene rings is 1. The van der Waals surface area contributed by atoms with Crippen molar-refractivity contribution in [2.45, 2.75) is 49.7 Å². The Kier molecular flexibility index (Phi) is 7.91. The first kappa shape index (κ1) is 29.8. The predicted octanol–water partition coefficient (Wildman–Crippen LogP) is 4.72. The second kappa shape index (κ2) is 11.2. The molecule has 1 N–H and O–H groups in total. The van der Waals surface area contributed by atoms with Gasteiger partial charge in [0.15, 0.2) is 9.84 Å². The van der Waals surface area contributed by atoms with E-state index in [0.717, 1.165) is 5.69 Å². The predicted molar refractivity (Wildman–Crippen MR) is 145 cm³/mol. The van der Waals surface area contributed by atoms with Gasteiger partial charge in [-0.25, -0.2) is 21.7 Å². The van der Waals surface area contributed by atoms with Gasteiger partial charge in [-0.3, -0.25) is 4.79 Å². The van der Waals surface area contributed by atoms with E-state index in [1.54, 1.807) is 28.9 Å². The summed E-state index contributed by atoms with van der Waals surface area (Å²) in [5.41, 5.74) is 3.10. The number of sulfone groups is 1. The maximum atomic E-state index is 14.6. The van der Waals surface area contributed by atoms with Crippen LogP contribution < -0.4 is 10.2 Å². The summed E-state index contributed by atoms with van der Waals surface area (Å²) in [5.74, 6) is -6.43. The number of amides is 1. The molecule has 1 saturated carbocycles. The van der Waals surface area contributed by atoms with Gasteiger partial charge in [0.25, 0.3) is 0 Å². The molecule has 14 heteroatoms. The van der Waals surface area contributed by atoms with Crippen molar-refractivity contribution in [2.24, 2.45) is 5.92 Å². The number of hydrogen-bond donors (Lipinski definition) is 1. The van der Waals surface area contributed by atoms with Gasteiger partial charge in [-0.2, -0.15) is 23.5 Å². The molecule has 3 heterocycles. The lowest BCUT2D eigenvalue weighted by Crippen LogP contribution is -2.45. The van der Waals surface area contributed by atoms with Gasteiger partial charge in [-0.15, -0.1) is 0 Å². The second-order valence-corrected chi connectivity index (χ2v) is 13.1. The van der Waals surface area contributed by atoms with E-state index < -0.39 is 65.0 Å². The minimum atomic E-state index is -4.73. The Bertz CT molecular complexity index is 1600. The number of fused-ring (bicyclic) bond motifs is 1. The van der Waals surface area contributed by atoms with E-state index in [2.05, 4.69) is 5.10 Å². The monoisotopic (exact) mass is 609 g/mol. The first-order chi connectivity index (χ1) is 19.8. The third-order valence-corrected chi connectivity index (χ3v) is 9.46. The number of nitriles is 1. The number of halogens is 5. The normalized spacial score (nSPS) is 22.8. The van der Waals surface area contributed by atoms with Crippen molar-refractivity contribution in [3.05, 3.63) is 54.4 Å². The summed E-state index contributed by atoms with van der Waals surface area (Å²) in [4.78, 5) is 15.2. The van der Waals surface area contributed by atoms with Gasteiger partial charge in [0.05, 0.1) is 41.1 Å². The molecule has 42 heavy (non-hydrogen) atoms. The summed E-state index contributed by atoms with van der Waals surface area (Å²) in [6.07, 6.45) is -6.22. The highest BCUT2D eigenvalue weighted by molar-refractivity contribution is 7.91. The van der Waals surface area contributed by atoms with Crippen LogP contribution in [0.4, 0.5) is 27.6 Å². The van der Waals surface area contributed by atoms with Crippen LogP contribution >= 0.6 is 0 Å². The molecule has 5 rings (SSSR count). The van der Waals surface area contributed by atoms with Crippen molar-refractivity contribution in [1.29, 1.82) is 5.26 Å². The molecular weight excluding hydrogens is 581 g/mol. The average Bonchev–Trinajstić information content (AvgIpc) is 3.31. The first-order valence-corrected chi connectivity index (χ1v) is 15.2. The van der Waals surface area contributed by atoms with Gasteiger partial charge in [-0.1, -0.05) is 18.2 Å². The molecule has 1 amide bonds. The number of carbonyl (C=O) groups is 1. The zero-order valence-electron chi connectivity index (χ0n) is 22.3. The van der Waals surface area contributed by atoms with Crippen LogP contribution in [0.15, 0.2) is 48.7 Å². The molecule has 0 bridgehead atoms. The van der Waals surface area contributed by atoms with E-state index in [-0.39, 0.29) is 17.9 Å². The number of carbonyl (C=O) groups excluding carboxylic acids is 1. The molecule has 2 fully saturated rings. The summed E-state index contributed by atoms with van der Waals surface area (Å²) < 4.78 is 93.2. The minimum Gasteiger partial charge on any atom is -0.369 e. The van der Waals surface area contributed by atoms with E-state index >= 15 is 0 Å². The summed E-state index contributed by atoms with van der Waals surface area (Å²) in [6, 6.07) is 12.1. The number of alkyl halides is 5. The number of rotatable bonds is 6. The summed E-state index contributed by atoms with van der Waals surface area (Å²) in [7, 11) is -3.06. The second-order valence-electron chi connectivity index (χ2n) is 10.8. The number of aromatic nitrogens is 2. The number of pyridine rings is 1. The molecule has 1 aliphatic carbocycles. The van der Waals surface area contributed by atoms with Crippen molar-refractivity contribution in [3.63, 3.8) is 0 Å². The smallest absolute Gasteiger partial charge is 0.369 e. The lowest BCUT2D eigenvalue weighted by atomic mass is 9.73. The fourth-order valence-electron chi connectivity index (χ4n) is 5.76. The Labute approximate surface area is 239 Å². The van der Waals surface area contributed by atoms with Crippen LogP contribution in [-0.4, -0.2) is 66.7 Å². The van der Waals surface area contributed by atoms with Crippen molar-refractivity contribution >= 4 is 26.9 Å². The fraction of sp³-hybridized carbons (Fsp3) is 0.464. The molecule has 1 aliphatic heterocycles. The molecule has 0 radical (unpaired) electrons. The van der Waals surface area contributed by atoms with Crippen LogP contribution in [0.25, 0.3) is 16.6 Å². The minimum absolute atomic E-state index is 0.0539. The van der Waals surface area contributed by atoms with Crippen molar-refractivity contribution < 1.29 is 35.2 Å². The Hall–Kier alpha value is -3.73. The number of nitrogens with zero attached hydrogens (tertiary/aromatic N) is 4. The van der Waals surface area contributed by atoms with E-state index in [4.69, 9.17) is 0 Å². The van der Waals surface area contributed by atoms with Gasteiger partial charge in [0.1, 0.15) is 6.04 Å². The fourth-order valence-corrected chi connectivity index (χ4v) is 6.96. The largest absolute Gasteiger partial charge is 0.392 e. The third kappa shape index (κ3) is 6.51. The Balaban J connectivity index is 1.50. The molecule has 224 valence electrons. The highest BCUT2D eigenvalue weighted by Crippen LogP contribution is 2.48. The maximum Gasteiger partial charge on any atom is 0.392 e.